The predicted molar refractivity (Wildman–Crippen MR) is 137 cm³/mol. The smallest absolute Gasteiger partial charge is 0.264 e. The molecule has 0 radical (unpaired) electrons. The second-order valence-electron chi connectivity index (χ2n) is 8.60. The summed E-state index contributed by atoms with van der Waals surface area (Å²) in [5, 5.41) is 2.88. The number of nitrogens with zero attached hydrogens (tertiary/aromatic N) is 2. The molecule has 1 N–H and O–H groups in total. The zero-order valence-corrected chi connectivity index (χ0v) is 20.7. The monoisotopic (exact) mass is 493 g/mol. The fraction of sp³-hybridized carbons (Fsp3) is 0.296. The Balaban J connectivity index is 1.46. The highest BCUT2D eigenvalue weighted by Gasteiger charge is 2.27. The number of para-hydroxylation sites is 1. The number of anilines is 1. The average molecular weight is 494 g/mol. The van der Waals surface area contributed by atoms with Crippen molar-refractivity contribution in [2.45, 2.75) is 30.8 Å². The van der Waals surface area contributed by atoms with E-state index in [-0.39, 0.29) is 17.3 Å². The Morgan fingerprint density at radius 2 is 1.63 bits per heavy atom. The van der Waals surface area contributed by atoms with Crippen LogP contribution >= 0.6 is 0 Å². The van der Waals surface area contributed by atoms with E-state index in [9.17, 15) is 13.2 Å². The molecule has 7 nitrogen and oxygen atoms in total. The first-order valence-corrected chi connectivity index (χ1v) is 13.2. The van der Waals surface area contributed by atoms with Crippen molar-refractivity contribution in [3.63, 3.8) is 0 Å². The Labute approximate surface area is 207 Å². The van der Waals surface area contributed by atoms with Crippen LogP contribution in [0.1, 0.15) is 24.0 Å². The largest absolute Gasteiger partial charge is 0.497 e. The summed E-state index contributed by atoms with van der Waals surface area (Å²) in [5.41, 5.74) is 2.62. The second-order valence-corrected chi connectivity index (χ2v) is 10.5. The molecule has 1 saturated heterocycles. The van der Waals surface area contributed by atoms with E-state index in [4.69, 9.17) is 4.74 Å². The molecule has 35 heavy (non-hydrogen) atoms. The van der Waals surface area contributed by atoms with Gasteiger partial charge in [0.05, 0.1) is 17.7 Å². The van der Waals surface area contributed by atoms with Gasteiger partial charge in [-0.3, -0.25) is 14.0 Å². The van der Waals surface area contributed by atoms with Crippen molar-refractivity contribution in [1.29, 1.82) is 0 Å². The fourth-order valence-corrected chi connectivity index (χ4v) is 5.63. The maximum Gasteiger partial charge on any atom is 0.264 e. The molecule has 3 aromatic carbocycles. The maximum atomic E-state index is 13.5. The number of amides is 1. The molecular formula is C27H31N3O4S. The molecule has 1 heterocycles. The summed E-state index contributed by atoms with van der Waals surface area (Å²) in [6, 6.07) is 22.9. The number of carbonyl (C=O) groups is 1. The van der Waals surface area contributed by atoms with Crippen LogP contribution in [0.5, 0.6) is 5.75 Å². The Bertz CT molecular complexity index is 1220. The number of carbonyl (C=O) groups excluding carboxylic acids is 1. The number of benzene rings is 3. The number of sulfonamides is 1. The molecule has 0 saturated carbocycles. The van der Waals surface area contributed by atoms with Gasteiger partial charge in [-0.25, -0.2) is 8.42 Å². The minimum absolute atomic E-state index is 0.0876. The normalized spacial score (nSPS) is 14.0. The summed E-state index contributed by atoms with van der Waals surface area (Å²) in [6.07, 6.45) is 2.49. The van der Waals surface area contributed by atoms with E-state index in [1.165, 1.54) is 37.6 Å². The minimum Gasteiger partial charge on any atom is -0.497 e. The maximum absolute atomic E-state index is 13.5. The van der Waals surface area contributed by atoms with E-state index in [2.05, 4.69) is 22.3 Å². The van der Waals surface area contributed by atoms with E-state index in [1.54, 1.807) is 42.5 Å². The van der Waals surface area contributed by atoms with E-state index in [1.807, 2.05) is 12.1 Å². The second kappa shape index (κ2) is 11.4. The molecule has 3 aromatic rings. The first-order chi connectivity index (χ1) is 17.0. The molecule has 0 aliphatic carbocycles. The van der Waals surface area contributed by atoms with Gasteiger partial charge in [0.2, 0.25) is 5.91 Å². The molecule has 1 aliphatic heterocycles. The van der Waals surface area contributed by atoms with Gasteiger partial charge in [0.25, 0.3) is 10.0 Å². The molecule has 0 atom stereocenters. The third-order valence-electron chi connectivity index (χ3n) is 6.06. The zero-order valence-electron chi connectivity index (χ0n) is 19.9. The summed E-state index contributed by atoms with van der Waals surface area (Å²) < 4.78 is 33.2. The lowest BCUT2D eigenvalue weighted by atomic mass is 10.1. The molecular weight excluding hydrogens is 462 g/mol. The van der Waals surface area contributed by atoms with Crippen molar-refractivity contribution in [1.82, 2.24) is 10.2 Å². The molecule has 184 valence electrons. The lowest BCUT2D eigenvalue weighted by Gasteiger charge is -2.24. The average Bonchev–Trinajstić information content (AvgIpc) is 3.40. The number of nitrogens with one attached hydrogen (secondary N) is 1. The summed E-state index contributed by atoms with van der Waals surface area (Å²) in [6.45, 7) is 3.16. The molecule has 8 heteroatoms. The Kier molecular flexibility index (Phi) is 8.05. The van der Waals surface area contributed by atoms with Gasteiger partial charge < -0.3 is 10.1 Å². The summed E-state index contributed by atoms with van der Waals surface area (Å²) >= 11 is 0. The highest BCUT2D eigenvalue weighted by atomic mass is 32.2. The van der Waals surface area contributed by atoms with Crippen molar-refractivity contribution in [2.75, 3.05) is 31.0 Å². The van der Waals surface area contributed by atoms with Gasteiger partial charge in [0.15, 0.2) is 0 Å². The quantitative estimate of drug-likeness (QED) is 0.465. The highest BCUT2D eigenvalue weighted by Crippen LogP contribution is 2.25. The van der Waals surface area contributed by atoms with Gasteiger partial charge in [-0.1, -0.05) is 42.5 Å². The van der Waals surface area contributed by atoms with Crippen LogP contribution in [0, 0.1) is 0 Å². The SMILES string of the molecule is COc1ccc(S(=O)(=O)N(CC(=O)NCc2cccc(CN3CCCC3)c2)c2ccccc2)cc1. The van der Waals surface area contributed by atoms with Crippen molar-refractivity contribution in [2.24, 2.45) is 0 Å². The molecule has 0 aromatic heterocycles. The lowest BCUT2D eigenvalue weighted by Crippen LogP contribution is -2.40. The topological polar surface area (TPSA) is 79.0 Å². The van der Waals surface area contributed by atoms with Gasteiger partial charge in [-0.15, -0.1) is 0 Å². The zero-order chi connectivity index (χ0) is 24.7. The van der Waals surface area contributed by atoms with Crippen molar-refractivity contribution >= 4 is 21.6 Å². The van der Waals surface area contributed by atoms with Crippen LogP contribution in [-0.2, 0) is 27.9 Å². The van der Waals surface area contributed by atoms with Crippen molar-refractivity contribution < 1.29 is 17.9 Å². The summed E-state index contributed by atoms with van der Waals surface area (Å²) in [7, 11) is -2.45. The Hall–Kier alpha value is -3.36. The first kappa shape index (κ1) is 24.8. The van der Waals surface area contributed by atoms with Gasteiger partial charge in [-0.05, 0) is 73.5 Å². The van der Waals surface area contributed by atoms with Crippen LogP contribution in [-0.4, -0.2) is 46.0 Å². The molecule has 1 aliphatic rings. The highest BCUT2D eigenvalue weighted by molar-refractivity contribution is 7.92. The van der Waals surface area contributed by atoms with E-state index >= 15 is 0 Å². The summed E-state index contributed by atoms with van der Waals surface area (Å²) in [5.74, 6) is 0.177. The van der Waals surface area contributed by atoms with Crippen molar-refractivity contribution in [3.8, 4) is 5.75 Å². The van der Waals surface area contributed by atoms with Crippen LogP contribution in [0.15, 0.2) is 83.8 Å². The molecule has 0 bridgehead atoms. The number of ether oxygens (including phenoxy) is 1. The number of rotatable bonds is 10. The van der Waals surface area contributed by atoms with Gasteiger partial charge >= 0.3 is 0 Å². The van der Waals surface area contributed by atoms with Crippen LogP contribution in [0.2, 0.25) is 0 Å². The third kappa shape index (κ3) is 6.41. The molecule has 0 unspecified atom stereocenters. The van der Waals surface area contributed by atoms with E-state index < -0.39 is 10.0 Å². The fourth-order valence-electron chi connectivity index (χ4n) is 4.21. The number of hydrogen-bond acceptors (Lipinski definition) is 5. The number of hydrogen-bond donors (Lipinski definition) is 1. The number of methoxy groups -OCH3 is 1. The van der Waals surface area contributed by atoms with Gasteiger partial charge in [0, 0.05) is 13.1 Å². The third-order valence-corrected chi connectivity index (χ3v) is 7.85. The lowest BCUT2D eigenvalue weighted by molar-refractivity contribution is -0.119. The van der Waals surface area contributed by atoms with E-state index in [0.29, 0.717) is 18.0 Å². The summed E-state index contributed by atoms with van der Waals surface area (Å²) in [4.78, 5) is 15.4. The standard InChI is InChI=1S/C27H31N3O4S/c1-34-25-12-14-26(15-13-25)35(32,33)30(24-10-3-2-4-11-24)21-27(31)28-19-22-8-7-9-23(18-22)20-29-16-5-6-17-29/h2-4,7-15,18H,5-6,16-17,19-21H2,1H3,(H,28,31). The van der Waals surface area contributed by atoms with Crippen LogP contribution < -0.4 is 14.4 Å². The van der Waals surface area contributed by atoms with Crippen LogP contribution in [0.25, 0.3) is 0 Å². The van der Waals surface area contributed by atoms with E-state index in [0.717, 1.165) is 29.5 Å². The molecule has 4 rings (SSSR count). The van der Waals surface area contributed by atoms with Gasteiger partial charge in [0.1, 0.15) is 12.3 Å². The first-order valence-electron chi connectivity index (χ1n) is 11.7. The Morgan fingerprint density at radius 1 is 0.943 bits per heavy atom. The minimum atomic E-state index is -3.97. The Morgan fingerprint density at radius 3 is 2.31 bits per heavy atom. The van der Waals surface area contributed by atoms with Gasteiger partial charge in [-0.2, -0.15) is 0 Å². The van der Waals surface area contributed by atoms with Crippen molar-refractivity contribution in [3.05, 3.63) is 90.0 Å². The van der Waals surface area contributed by atoms with Crippen LogP contribution in [0.4, 0.5) is 5.69 Å². The molecule has 0 spiro atoms. The van der Waals surface area contributed by atoms with Crippen LogP contribution in [0.3, 0.4) is 0 Å². The molecule has 1 fully saturated rings. The number of likely N-dealkylation sites (tertiary alicyclic amines) is 1. The predicted octanol–water partition coefficient (Wildman–Crippen LogP) is 3.80. The molecule has 1 amide bonds.